The third-order valence-electron chi connectivity index (χ3n) is 5.86. The Kier molecular flexibility index (Phi) is 6.82. The minimum Gasteiger partial charge on any atom is -0.508 e. The number of ketones is 1. The Bertz CT molecular complexity index is 1080. The Balaban J connectivity index is 1.96. The van der Waals surface area contributed by atoms with Crippen molar-refractivity contribution in [2.45, 2.75) is 52.6 Å². The molecule has 0 saturated heterocycles. The van der Waals surface area contributed by atoms with Crippen LogP contribution in [0.4, 0.5) is 0 Å². The molecule has 4 N–H and O–H groups in total. The van der Waals surface area contributed by atoms with E-state index < -0.39 is 6.10 Å². The first-order valence-electron chi connectivity index (χ1n) is 10.7. The van der Waals surface area contributed by atoms with E-state index >= 15 is 0 Å². The van der Waals surface area contributed by atoms with Crippen molar-refractivity contribution >= 4 is 5.78 Å². The maximum atomic E-state index is 12.9. The minimum atomic E-state index is -0.807. The predicted molar refractivity (Wildman–Crippen MR) is 123 cm³/mol. The topological polar surface area (TPSA) is 107 Å². The number of rotatable bonds is 7. The molecule has 2 atom stereocenters. The van der Waals surface area contributed by atoms with Crippen LogP contribution >= 0.6 is 0 Å². The van der Waals surface area contributed by atoms with E-state index in [2.05, 4.69) is 12.7 Å². The molecule has 0 radical (unpaired) electrons. The van der Waals surface area contributed by atoms with Crippen molar-refractivity contribution in [2.75, 3.05) is 0 Å². The molecule has 6 heteroatoms. The zero-order chi connectivity index (χ0) is 23.6. The zero-order valence-corrected chi connectivity index (χ0v) is 18.7. The molecule has 32 heavy (non-hydrogen) atoms. The molecule has 0 aliphatic carbocycles. The third-order valence-corrected chi connectivity index (χ3v) is 5.86. The number of hydrogen-bond acceptors (Lipinski definition) is 6. The van der Waals surface area contributed by atoms with Crippen molar-refractivity contribution in [3.8, 4) is 28.7 Å². The van der Waals surface area contributed by atoms with Gasteiger partial charge in [0.1, 0.15) is 40.4 Å². The van der Waals surface area contributed by atoms with E-state index in [-0.39, 0.29) is 52.4 Å². The van der Waals surface area contributed by atoms with Crippen LogP contribution in [-0.2, 0) is 6.42 Å². The number of aromatic hydroxyl groups is 4. The first-order valence-corrected chi connectivity index (χ1v) is 10.7. The maximum Gasteiger partial charge on any atom is 0.174 e. The van der Waals surface area contributed by atoms with E-state index in [0.29, 0.717) is 24.0 Å². The van der Waals surface area contributed by atoms with Gasteiger partial charge in [-0.3, -0.25) is 4.79 Å². The standard InChI is InChI=1S/C26H30O6/c1-14(2)5-6-16(15(3)4)7-9-19-21(29)12-22(30)25-23(31)13-24(32-26(19)25)18-10-8-17(27)11-20(18)28/h5,8,10-12,16,24,27-30H,3,6-7,9,13H2,1-2,4H3. The summed E-state index contributed by atoms with van der Waals surface area (Å²) in [7, 11) is 0. The van der Waals surface area contributed by atoms with Gasteiger partial charge in [0.25, 0.3) is 0 Å². The van der Waals surface area contributed by atoms with Gasteiger partial charge in [0.15, 0.2) is 5.78 Å². The summed E-state index contributed by atoms with van der Waals surface area (Å²) in [6, 6.07) is 5.26. The van der Waals surface area contributed by atoms with Gasteiger partial charge in [-0.2, -0.15) is 0 Å². The molecule has 0 spiro atoms. The van der Waals surface area contributed by atoms with Gasteiger partial charge in [-0.1, -0.05) is 23.8 Å². The number of carbonyl (C=O) groups excluding carboxylic acids is 1. The highest BCUT2D eigenvalue weighted by atomic mass is 16.5. The number of phenols is 4. The highest BCUT2D eigenvalue weighted by molar-refractivity contribution is 6.03. The average Bonchev–Trinajstić information content (AvgIpc) is 2.68. The van der Waals surface area contributed by atoms with Crippen molar-refractivity contribution in [1.29, 1.82) is 0 Å². The van der Waals surface area contributed by atoms with Crippen LogP contribution in [0.3, 0.4) is 0 Å². The van der Waals surface area contributed by atoms with E-state index in [4.69, 9.17) is 4.74 Å². The molecule has 170 valence electrons. The summed E-state index contributed by atoms with van der Waals surface area (Å²) in [5.41, 5.74) is 3.07. The van der Waals surface area contributed by atoms with Crippen LogP contribution in [-0.4, -0.2) is 26.2 Å². The first-order chi connectivity index (χ1) is 15.1. The lowest BCUT2D eigenvalue weighted by Crippen LogP contribution is -2.22. The molecule has 1 heterocycles. The Labute approximate surface area is 188 Å². The molecule has 0 bridgehead atoms. The normalized spacial score (nSPS) is 16.1. The van der Waals surface area contributed by atoms with E-state index in [1.807, 2.05) is 20.8 Å². The van der Waals surface area contributed by atoms with Gasteiger partial charge in [-0.05, 0) is 58.1 Å². The number of ether oxygens (including phenoxy) is 1. The summed E-state index contributed by atoms with van der Waals surface area (Å²) in [6.45, 7) is 10.1. The molecule has 0 saturated carbocycles. The molecule has 0 fully saturated rings. The van der Waals surface area contributed by atoms with Gasteiger partial charge >= 0.3 is 0 Å². The van der Waals surface area contributed by atoms with Gasteiger partial charge in [0.2, 0.25) is 0 Å². The number of fused-ring (bicyclic) bond motifs is 1. The molecular formula is C26H30O6. The molecule has 1 aliphatic heterocycles. The second kappa shape index (κ2) is 9.39. The van der Waals surface area contributed by atoms with Crippen molar-refractivity contribution < 1.29 is 30.0 Å². The van der Waals surface area contributed by atoms with Gasteiger partial charge in [0.05, 0.1) is 6.42 Å². The summed E-state index contributed by atoms with van der Waals surface area (Å²) >= 11 is 0. The molecule has 0 aromatic heterocycles. The fourth-order valence-electron chi connectivity index (χ4n) is 4.01. The lowest BCUT2D eigenvalue weighted by Gasteiger charge is -2.29. The fraction of sp³-hybridized carbons (Fsp3) is 0.346. The Morgan fingerprint density at radius 3 is 2.47 bits per heavy atom. The highest BCUT2D eigenvalue weighted by Crippen LogP contribution is 2.47. The van der Waals surface area contributed by atoms with Gasteiger partial charge < -0.3 is 25.2 Å². The van der Waals surface area contributed by atoms with Crippen LogP contribution in [0.5, 0.6) is 28.7 Å². The number of Topliss-reactive ketones (excluding diaryl/α,β-unsaturated/α-hetero) is 1. The fourth-order valence-corrected chi connectivity index (χ4v) is 4.01. The summed E-state index contributed by atoms with van der Waals surface area (Å²) in [5.74, 6) is -0.798. The second-order valence-electron chi connectivity index (χ2n) is 8.67. The number of benzene rings is 2. The molecule has 2 unspecified atom stereocenters. The van der Waals surface area contributed by atoms with E-state index in [0.717, 1.165) is 12.0 Å². The van der Waals surface area contributed by atoms with Crippen LogP contribution < -0.4 is 4.74 Å². The quantitative estimate of drug-likeness (QED) is 0.413. The lowest BCUT2D eigenvalue weighted by molar-refractivity contribution is 0.0839. The van der Waals surface area contributed by atoms with Crippen molar-refractivity contribution in [2.24, 2.45) is 5.92 Å². The minimum absolute atomic E-state index is 0.0449. The SMILES string of the molecule is C=C(C)C(CC=C(C)C)CCc1c(O)cc(O)c2c1OC(c1ccc(O)cc1O)CC2=O. The van der Waals surface area contributed by atoms with Crippen molar-refractivity contribution in [1.82, 2.24) is 0 Å². The summed E-state index contributed by atoms with van der Waals surface area (Å²) in [6.07, 6.45) is 3.18. The summed E-state index contributed by atoms with van der Waals surface area (Å²) < 4.78 is 6.08. The maximum absolute atomic E-state index is 12.9. The first kappa shape index (κ1) is 23.3. The summed E-state index contributed by atoms with van der Waals surface area (Å²) in [5, 5.41) is 40.7. The van der Waals surface area contributed by atoms with Gasteiger partial charge in [-0.15, -0.1) is 0 Å². The van der Waals surface area contributed by atoms with Gasteiger partial charge in [-0.25, -0.2) is 0 Å². The van der Waals surface area contributed by atoms with Gasteiger partial charge in [0, 0.05) is 23.3 Å². The van der Waals surface area contributed by atoms with Crippen LogP contribution in [0.15, 0.2) is 48.1 Å². The second-order valence-corrected chi connectivity index (χ2v) is 8.67. The van der Waals surface area contributed by atoms with E-state index in [1.165, 1.54) is 29.8 Å². The predicted octanol–water partition coefficient (Wildman–Crippen LogP) is 5.70. The number of allylic oxidation sites excluding steroid dienone is 3. The summed E-state index contributed by atoms with van der Waals surface area (Å²) in [4.78, 5) is 12.9. The Morgan fingerprint density at radius 2 is 1.84 bits per heavy atom. The van der Waals surface area contributed by atoms with Crippen LogP contribution in [0.2, 0.25) is 0 Å². The van der Waals surface area contributed by atoms with Crippen molar-refractivity contribution in [3.05, 3.63) is 64.8 Å². The monoisotopic (exact) mass is 438 g/mol. The zero-order valence-electron chi connectivity index (χ0n) is 18.7. The number of carbonyl (C=O) groups is 1. The molecule has 0 amide bonds. The lowest BCUT2D eigenvalue weighted by atomic mass is 9.87. The van der Waals surface area contributed by atoms with E-state index in [1.54, 1.807) is 0 Å². The molecule has 2 aromatic carbocycles. The van der Waals surface area contributed by atoms with Crippen LogP contribution in [0.25, 0.3) is 0 Å². The van der Waals surface area contributed by atoms with Crippen LogP contribution in [0, 0.1) is 5.92 Å². The van der Waals surface area contributed by atoms with Crippen molar-refractivity contribution in [3.63, 3.8) is 0 Å². The number of phenolic OH excluding ortho intramolecular Hbond substituents is 4. The molecule has 1 aliphatic rings. The molecular weight excluding hydrogens is 408 g/mol. The Hall–Kier alpha value is -3.41. The smallest absolute Gasteiger partial charge is 0.174 e. The molecule has 2 aromatic rings. The molecule has 6 nitrogen and oxygen atoms in total. The molecule has 3 rings (SSSR count). The highest BCUT2D eigenvalue weighted by Gasteiger charge is 2.34. The number of hydrogen-bond donors (Lipinski definition) is 4. The third kappa shape index (κ3) is 4.90. The average molecular weight is 439 g/mol. The largest absolute Gasteiger partial charge is 0.508 e. The van der Waals surface area contributed by atoms with Crippen LogP contribution in [0.1, 0.15) is 67.6 Å². The van der Waals surface area contributed by atoms with E-state index in [9.17, 15) is 25.2 Å². The Morgan fingerprint density at radius 1 is 1.12 bits per heavy atom.